The zero-order valence-corrected chi connectivity index (χ0v) is 13.6. The van der Waals surface area contributed by atoms with Crippen molar-refractivity contribution in [3.8, 4) is 5.75 Å². The molecule has 0 atom stereocenters. The number of hydrogen-bond acceptors (Lipinski definition) is 6. The van der Waals surface area contributed by atoms with E-state index in [4.69, 9.17) is 0 Å². The van der Waals surface area contributed by atoms with Crippen molar-refractivity contribution in [2.24, 2.45) is 15.3 Å². The van der Waals surface area contributed by atoms with Crippen LogP contribution in [0.5, 0.6) is 5.75 Å². The van der Waals surface area contributed by atoms with Gasteiger partial charge in [0.05, 0.1) is 17.6 Å². The smallest absolute Gasteiger partial charge is 0.271 e. The van der Waals surface area contributed by atoms with E-state index in [9.17, 15) is 9.90 Å². The molecule has 1 aromatic heterocycles. The molecule has 1 heterocycles. The minimum atomic E-state index is -0.372. The van der Waals surface area contributed by atoms with Crippen molar-refractivity contribution in [1.29, 1.82) is 0 Å². The number of hydrazone groups is 1. The number of nitrogens with one attached hydrogen (secondary N) is 1. The van der Waals surface area contributed by atoms with Crippen LogP contribution >= 0.6 is 0 Å². The summed E-state index contributed by atoms with van der Waals surface area (Å²) in [6.45, 7) is 0. The third kappa shape index (κ3) is 4.57. The second-order valence-electron chi connectivity index (χ2n) is 5.21. The predicted molar refractivity (Wildman–Crippen MR) is 98.0 cm³/mol. The highest BCUT2D eigenvalue weighted by molar-refractivity contribution is 5.95. The van der Waals surface area contributed by atoms with Gasteiger partial charge in [0.15, 0.2) is 0 Å². The molecule has 0 aliphatic rings. The van der Waals surface area contributed by atoms with Crippen molar-refractivity contribution in [1.82, 2.24) is 10.4 Å². The zero-order chi connectivity index (χ0) is 18.2. The van der Waals surface area contributed by atoms with Crippen molar-refractivity contribution < 1.29 is 9.90 Å². The third-order valence-electron chi connectivity index (χ3n) is 3.36. The second kappa shape index (κ2) is 8.29. The summed E-state index contributed by atoms with van der Waals surface area (Å²) >= 11 is 0. The van der Waals surface area contributed by atoms with Gasteiger partial charge in [0, 0.05) is 23.5 Å². The first kappa shape index (κ1) is 17.0. The van der Waals surface area contributed by atoms with E-state index >= 15 is 0 Å². The van der Waals surface area contributed by atoms with Crippen LogP contribution in [0.1, 0.15) is 15.9 Å². The Morgan fingerprint density at radius 3 is 2.46 bits per heavy atom. The number of aromatic hydroxyl groups is 1. The molecule has 3 aromatic rings. The van der Waals surface area contributed by atoms with E-state index < -0.39 is 0 Å². The molecule has 128 valence electrons. The Hall–Kier alpha value is -3.87. The van der Waals surface area contributed by atoms with Crippen LogP contribution in [-0.4, -0.2) is 22.2 Å². The summed E-state index contributed by atoms with van der Waals surface area (Å²) in [6.07, 6.45) is 4.38. The Morgan fingerprint density at radius 1 is 0.962 bits per heavy atom. The van der Waals surface area contributed by atoms with Gasteiger partial charge in [-0.3, -0.25) is 9.78 Å². The van der Waals surface area contributed by atoms with Gasteiger partial charge < -0.3 is 5.11 Å². The maximum atomic E-state index is 11.9. The van der Waals surface area contributed by atoms with Crippen LogP contribution in [-0.2, 0) is 0 Å². The topological polar surface area (TPSA) is 99.3 Å². The van der Waals surface area contributed by atoms with Gasteiger partial charge in [-0.15, -0.1) is 0 Å². The Bertz CT molecular complexity index is 941. The van der Waals surface area contributed by atoms with E-state index in [0.717, 1.165) is 5.69 Å². The Labute approximate surface area is 149 Å². The van der Waals surface area contributed by atoms with Gasteiger partial charge in [-0.2, -0.15) is 15.3 Å². The first-order valence-electron chi connectivity index (χ1n) is 7.75. The molecule has 3 rings (SSSR count). The molecule has 0 unspecified atom stereocenters. The average Bonchev–Trinajstić information content (AvgIpc) is 2.69. The number of carbonyl (C=O) groups is 1. The van der Waals surface area contributed by atoms with Gasteiger partial charge >= 0.3 is 0 Å². The molecule has 0 saturated carbocycles. The molecule has 0 fully saturated rings. The normalized spacial score (nSPS) is 11.1. The number of pyridine rings is 1. The lowest BCUT2D eigenvalue weighted by Crippen LogP contribution is -2.17. The molecule has 7 heteroatoms. The number of rotatable bonds is 5. The van der Waals surface area contributed by atoms with E-state index in [-0.39, 0.29) is 11.7 Å². The minimum absolute atomic E-state index is 0.0190. The van der Waals surface area contributed by atoms with Crippen molar-refractivity contribution in [3.63, 3.8) is 0 Å². The highest BCUT2D eigenvalue weighted by Crippen LogP contribution is 2.23. The molecule has 2 N–H and O–H groups in total. The van der Waals surface area contributed by atoms with Crippen molar-refractivity contribution in [3.05, 3.63) is 84.2 Å². The molecular formula is C19H15N5O2. The number of phenols is 1. The summed E-state index contributed by atoms with van der Waals surface area (Å²) in [5.74, 6) is -0.353. The highest BCUT2D eigenvalue weighted by Gasteiger charge is 2.03. The number of aromatic nitrogens is 1. The van der Waals surface area contributed by atoms with Crippen LogP contribution in [0.4, 0.5) is 11.4 Å². The number of benzene rings is 2. The monoisotopic (exact) mass is 345 g/mol. The summed E-state index contributed by atoms with van der Waals surface area (Å²) in [4.78, 5) is 15.7. The maximum Gasteiger partial charge on any atom is 0.271 e. The quantitative estimate of drug-likeness (QED) is 0.416. The van der Waals surface area contributed by atoms with Gasteiger partial charge in [0.25, 0.3) is 5.91 Å². The number of amides is 1. The molecule has 0 radical (unpaired) electrons. The second-order valence-corrected chi connectivity index (χ2v) is 5.21. The fourth-order valence-electron chi connectivity index (χ4n) is 2.05. The molecule has 0 bridgehead atoms. The summed E-state index contributed by atoms with van der Waals surface area (Å²) < 4.78 is 0. The lowest BCUT2D eigenvalue weighted by atomic mass is 10.2. The van der Waals surface area contributed by atoms with Crippen molar-refractivity contribution in [2.75, 3.05) is 0 Å². The van der Waals surface area contributed by atoms with E-state index in [1.165, 1.54) is 24.7 Å². The Kier molecular flexibility index (Phi) is 5.41. The molecule has 7 nitrogen and oxygen atoms in total. The largest absolute Gasteiger partial charge is 0.507 e. The summed E-state index contributed by atoms with van der Waals surface area (Å²) in [6, 6.07) is 17.2. The molecule has 1 amide bonds. The van der Waals surface area contributed by atoms with Crippen LogP contribution in [0.2, 0.25) is 0 Å². The van der Waals surface area contributed by atoms with E-state index in [0.29, 0.717) is 16.8 Å². The molecular weight excluding hydrogens is 330 g/mol. The third-order valence-corrected chi connectivity index (χ3v) is 3.36. The highest BCUT2D eigenvalue weighted by atomic mass is 16.3. The number of phenolic OH excluding ortho intramolecular Hbond substituents is 1. The number of carbonyl (C=O) groups excluding carboxylic acids is 1. The standard InChI is InChI=1S/C19H15N5O2/c25-18-7-6-17(23-22-16-4-2-1-3-5-16)12-15(18)13-21-24-19(26)14-8-10-20-11-9-14/h1-13,25H,(H,24,26)/b21-13-,23-22?. The fourth-order valence-corrected chi connectivity index (χ4v) is 2.05. The number of hydrogen-bond donors (Lipinski definition) is 2. The average molecular weight is 345 g/mol. The summed E-state index contributed by atoms with van der Waals surface area (Å²) in [7, 11) is 0. The van der Waals surface area contributed by atoms with E-state index in [2.05, 4.69) is 25.7 Å². The van der Waals surface area contributed by atoms with Crippen LogP contribution in [0.3, 0.4) is 0 Å². The van der Waals surface area contributed by atoms with Crippen molar-refractivity contribution >= 4 is 23.5 Å². The molecule has 0 aliphatic carbocycles. The lowest BCUT2D eigenvalue weighted by Gasteiger charge is -2.01. The summed E-state index contributed by atoms with van der Waals surface area (Å²) in [5.41, 5.74) is 4.51. The van der Waals surface area contributed by atoms with Crippen LogP contribution in [0.15, 0.2) is 88.4 Å². The number of nitrogens with zero attached hydrogens (tertiary/aromatic N) is 4. The van der Waals surface area contributed by atoms with Gasteiger partial charge in [-0.05, 0) is 42.5 Å². The SMILES string of the molecule is O=C(N/N=C\c1cc(N=Nc2ccccc2)ccc1O)c1ccncc1. The van der Waals surface area contributed by atoms with Crippen LogP contribution < -0.4 is 5.43 Å². The molecule has 0 spiro atoms. The maximum absolute atomic E-state index is 11.9. The Morgan fingerprint density at radius 2 is 1.69 bits per heavy atom. The summed E-state index contributed by atoms with van der Waals surface area (Å²) in [5, 5.41) is 22.0. The minimum Gasteiger partial charge on any atom is -0.507 e. The molecule has 0 aliphatic heterocycles. The number of azo groups is 1. The fraction of sp³-hybridized carbons (Fsp3) is 0. The van der Waals surface area contributed by atoms with Gasteiger partial charge in [0.2, 0.25) is 0 Å². The van der Waals surface area contributed by atoms with Crippen LogP contribution in [0.25, 0.3) is 0 Å². The van der Waals surface area contributed by atoms with Gasteiger partial charge in [-0.1, -0.05) is 18.2 Å². The first-order chi connectivity index (χ1) is 12.7. The van der Waals surface area contributed by atoms with E-state index in [1.54, 1.807) is 24.3 Å². The van der Waals surface area contributed by atoms with Crippen LogP contribution in [0, 0.1) is 0 Å². The lowest BCUT2D eigenvalue weighted by molar-refractivity contribution is 0.0955. The van der Waals surface area contributed by atoms with Gasteiger partial charge in [-0.25, -0.2) is 5.43 Å². The van der Waals surface area contributed by atoms with E-state index in [1.807, 2.05) is 30.3 Å². The molecule has 2 aromatic carbocycles. The predicted octanol–water partition coefficient (Wildman–Crippen LogP) is 3.97. The van der Waals surface area contributed by atoms with Gasteiger partial charge in [0.1, 0.15) is 5.75 Å². The zero-order valence-electron chi connectivity index (χ0n) is 13.6. The first-order valence-corrected chi connectivity index (χ1v) is 7.75. The van der Waals surface area contributed by atoms with Crippen molar-refractivity contribution in [2.45, 2.75) is 0 Å². The Balaban J connectivity index is 1.69. The molecule has 0 saturated heterocycles. The molecule has 26 heavy (non-hydrogen) atoms.